The predicted octanol–water partition coefficient (Wildman–Crippen LogP) is 2.94. The number of carbonyl (C=O) groups is 1. The lowest BCUT2D eigenvalue weighted by Gasteiger charge is -2.28. The van der Waals surface area contributed by atoms with Crippen molar-refractivity contribution in [1.29, 1.82) is 0 Å². The normalized spacial score (nSPS) is 13.4. The topological polar surface area (TPSA) is 79.1 Å². The summed E-state index contributed by atoms with van der Waals surface area (Å²) in [7, 11) is 0. The number of nitrogens with one attached hydrogen (secondary N) is 2. The van der Waals surface area contributed by atoms with Gasteiger partial charge in [-0.2, -0.15) is 0 Å². The number of halogens is 1. The molecule has 7 nitrogen and oxygen atoms in total. The summed E-state index contributed by atoms with van der Waals surface area (Å²) >= 11 is 0. The summed E-state index contributed by atoms with van der Waals surface area (Å²) in [6.07, 6.45) is 3.38. The third-order valence-corrected chi connectivity index (χ3v) is 4.78. The van der Waals surface area contributed by atoms with Gasteiger partial charge in [-0.05, 0) is 43.0 Å². The van der Waals surface area contributed by atoms with Crippen molar-refractivity contribution in [3.05, 3.63) is 59.5 Å². The zero-order chi connectivity index (χ0) is 20.3. The molecule has 1 aromatic heterocycles. The SMILES string of the molecule is CCNC(=NCC(=O)N1CCc2ccccc2C1)NCCCOCc1ccco1.I. The number of ether oxygens (including phenoxy) is 1. The van der Waals surface area contributed by atoms with Gasteiger partial charge in [-0.25, -0.2) is 4.99 Å². The molecule has 0 unspecified atom stereocenters. The Labute approximate surface area is 195 Å². The van der Waals surface area contributed by atoms with Crippen molar-refractivity contribution in [1.82, 2.24) is 15.5 Å². The van der Waals surface area contributed by atoms with Crippen LogP contribution in [-0.4, -0.2) is 49.6 Å². The van der Waals surface area contributed by atoms with Gasteiger partial charge in [0.25, 0.3) is 0 Å². The Morgan fingerprint density at radius 1 is 1.20 bits per heavy atom. The number of rotatable bonds is 9. The van der Waals surface area contributed by atoms with Crippen molar-refractivity contribution < 1.29 is 13.9 Å². The van der Waals surface area contributed by atoms with E-state index in [2.05, 4.69) is 33.8 Å². The maximum atomic E-state index is 12.6. The Morgan fingerprint density at radius 3 is 2.80 bits per heavy atom. The highest BCUT2D eigenvalue weighted by Gasteiger charge is 2.19. The summed E-state index contributed by atoms with van der Waals surface area (Å²) in [6.45, 7) is 6.14. The third kappa shape index (κ3) is 7.64. The second kappa shape index (κ2) is 13.3. The standard InChI is InChI=1S/C22H30N4O3.HI/c1-2-23-22(24-11-6-13-28-17-20-9-5-14-29-20)25-15-21(27)26-12-10-18-7-3-4-8-19(18)16-26;/h3-5,7-9,14H,2,6,10-13,15-17H2,1H3,(H2,23,24,25);1H. The number of guanidine groups is 1. The number of benzene rings is 1. The number of nitrogens with zero attached hydrogens (tertiary/aromatic N) is 2. The van der Waals surface area contributed by atoms with Crippen LogP contribution in [0, 0.1) is 0 Å². The molecular formula is C22H31IN4O3. The third-order valence-electron chi connectivity index (χ3n) is 4.78. The molecule has 2 aromatic rings. The lowest BCUT2D eigenvalue weighted by Crippen LogP contribution is -2.41. The van der Waals surface area contributed by atoms with Crippen LogP contribution in [0.1, 0.15) is 30.2 Å². The molecule has 0 bridgehead atoms. The fraction of sp³-hybridized carbons (Fsp3) is 0.455. The van der Waals surface area contributed by atoms with Crippen LogP contribution in [0.25, 0.3) is 0 Å². The molecule has 0 atom stereocenters. The zero-order valence-corrected chi connectivity index (χ0v) is 19.8. The number of amides is 1. The largest absolute Gasteiger partial charge is 0.467 e. The van der Waals surface area contributed by atoms with Crippen LogP contribution >= 0.6 is 24.0 Å². The molecule has 0 saturated heterocycles. The Bertz CT molecular complexity index is 795. The van der Waals surface area contributed by atoms with Gasteiger partial charge in [0.15, 0.2) is 5.96 Å². The molecule has 8 heteroatoms. The monoisotopic (exact) mass is 526 g/mol. The van der Waals surface area contributed by atoms with E-state index >= 15 is 0 Å². The van der Waals surface area contributed by atoms with Gasteiger partial charge in [-0.1, -0.05) is 24.3 Å². The van der Waals surface area contributed by atoms with E-state index in [9.17, 15) is 4.79 Å². The Hall–Kier alpha value is -2.07. The van der Waals surface area contributed by atoms with Gasteiger partial charge in [0, 0.05) is 32.8 Å². The quantitative estimate of drug-likeness (QED) is 0.228. The minimum atomic E-state index is 0. The number of carbonyl (C=O) groups excluding carboxylic acids is 1. The molecule has 3 rings (SSSR count). The van der Waals surface area contributed by atoms with Crippen molar-refractivity contribution in [2.45, 2.75) is 32.9 Å². The summed E-state index contributed by atoms with van der Waals surface area (Å²) in [5, 5.41) is 6.44. The van der Waals surface area contributed by atoms with E-state index < -0.39 is 0 Å². The highest BCUT2D eigenvalue weighted by Crippen LogP contribution is 2.18. The van der Waals surface area contributed by atoms with E-state index in [0.29, 0.717) is 25.7 Å². The Balaban J connectivity index is 0.00000320. The summed E-state index contributed by atoms with van der Waals surface area (Å²) in [6, 6.07) is 12.1. The predicted molar refractivity (Wildman–Crippen MR) is 128 cm³/mol. The van der Waals surface area contributed by atoms with Crippen molar-refractivity contribution in [3.63, 3.8) is 0 Å². The highest BCUT2D eigenvalue weighted by atomic mass is 127. The highest BCUT2D eigenvalue weighted by molar-refractivity contribution is 14.0. The summed E-state index contributed by atoms with van der Waals surface area (Å²) in [5.41, 5.74) is 2.57. The first-order valence-electron chi connectivity index (χ1n) is 10.2. The van der Waals surface area contributed by atoms with E-state index in [4.69, 9.17) is 9.15 Å². The number of furan rings is 1. The van der Waals surface area contributed by atoms with Gasteiger partial charge in [-0.3, -0.25) is 4.79 Å². The number of hydrogen-bond acceptors (Lipinski definition) is 4. The fourth-order valence-electron chi connectivity index (χ4n) is 3.25. The number of hydrogen-bond donors (Lipinski definition) is 2. The average Bonchev–Trinajstić information content (AvgIpc) is 3.27. The average molecular weight is 526 g/mol. The summed E-state index contributed by atoms with van der Waals surface area (Å²) in [5.74, 6) is 1.54. The van der Waals surface area contributed by atoms with E-state index in [1.807, 2.05) is 30.0 Å². The van der Waals surface area contributed by atoms with Crippen molar-refractivity contribution in [3.8, 4) is 0 Å². The van der Waals surface area contributed by atoms with Crippen LogP contribution in [0.3, 0.4) is 0 Å². The summed E-state index contributed by atoms with van der Waals surface area (Å²) in [4.78, 5) is 18.9. The lowest BCUT2D eigenvalue weighted by atomic mass is 10.00. The molecule has 0 radical (unpaired) electrons. The van der Waals surface area contributed by atoms with Gasteiger partial charge in [-0.15, -0.1) is 24.0 Å². The first-order valence-corrected chi connectivity index (χ1v) is 10.2. The second-order valence-electron chi connectivity index (χ2n) is 6.94. The van der Waals surface area contributed by atoms with Gasteiger partial charge in [0.2, 0.25) is 5.91 Å². The second-order valence-corrected chi connectivity index (χ2v) is 6.94. The molecule has 1 amide bonds. The molecule has 1 aliphatic heterocycles. The number of aliphatic imine (C=N–C) groups is 1. The number of fused-ring (bicyclic) bond motifs is 1. The molecule has 1 aromatic carbocycles. The Morgan fingerprint density at radius 2 is 2.03 bits per heavy atom. The van der Waals surface area contributed by atoms with Crippen LogP contribution in [-0.2, 0) is 29.1 Å². The maximum Gasteiger partial charge on any atom is 0.244 e. The van der Waals surface area contributed by atoms with E-state index in [1.165, 1.54) is 11.1 Å². The van der Waals surface area contributed by atoms with Crippen molar-refractivity contribution >= 4 is 35.8 Å². The molecule has 164 valence electrons. The van der Waals surface area contributed by atoms with Gasteiger partial charge in [0.1, 0.15) is 18.9 Å². The fourth-order valence-corrected chi connectivity index (χ4v) is 3.25. The molecule has 0 aliphatic carbocycles. The summed E-state index contributed by atoms with van der Waals surface area (Å²) < 4.78 is 10.8. The lowest BCUT2D eigenvalue weighted by molar-refractivity contribution is -0.130. The van der Waals surface area contributed by atoms with E-state index in [0.717, 1.165) is 38.2 Å². The van der Waals surface area contributed by atoms with Gasteiger partial charge >= 0.3 is 0 Å². The maximum absolute atomic E-state index is 12.6. The molecule has 0 saturated carbocycles. The van der Waals surface area contributed by atoms with Gasteiger partial charge < -0.3 is 24.7 Å². The minimum Gasteiger partial charge on any atom is -0.467 e. The Kier molecular flexibility index (Phi) is 10.7. The van der Waals surface area contributed by atoms with Crippen LogP contribution in [0.2, 0.25) is 0 Å². The first-order chi connectivity index (χ1) is 14.3. The molecular weight excluding hydrogens is 495 g/mol. The van der Waals surface area contributed by atoms with Crippen LogP contribution < -0.4 is 10.6 Å². The van der Waals surface area contributed by atoms with E-state index in [1.54, 1.807) is 6.26 Å². The van der Waals surface area contributed by atoms with Crippen LogP contribution in [0.15, 0.2) is 52.1 Å². The molecule has 1 aliphatic rings. The molecule has 30 heavy (non-hydrogen) atoms. The molecule has 0 fully saturated rings. The van der Waals surface area contributed by atoms with Gasteiger partial charge in [0.05, 0.1) is 6.26 Å². The minimum absolute atomic E-state index is 0. The zero-order valence-electron chi connectivity index (χ0n) is 17.4. The van der Waals surface area contributed by atoms with Crippen molar-refractivity contribution in [2.75, 3.05) is 32.8 Å². The molecule has 2 heterocycles. The van der Waals surface area contributed by atoms with Crippen LogP contribution in [0.4, 0.5) is 0 Å². The first kappa shape index (κ1) is 24.2. The smallest absolute Gasteiger partial charge is 0.244 e. The molecule has 2 N–H and O–H groups in total. The molecule has 0 spiro atoms. The van der Waals surface area contributed by atoms with Crippen molar-refractivity contribution in [2.24, 2.45) is 4.99 Å². The van der Waals surface area contributed by atoms with Crippen LogP contribution in [0.5, 0.6) is 0 Å². The van der Waals surface area contributed by atoms with E-state index in [-0.39, 0.29) is 36.4 Å².